The summed E-state index contributed by atoms with van der Waals surface area (Å²) in [5, 5.41) is 8.40. The van der Waals surface area contributed by atoms with Gasteiger partial charge in [-0.2, -0.15) is 5.26 Å². The number of nitrogens with zero attached hydrogens (tertiary/aromatic N) is 1. The second kappa shape index (κ2) is 3.63. The molecule has 0 spiro atoms. The molecule has 0 amide bonds. The van der Waals surface area contributed by atoms with Crippen molar-refractivity contribution >= 4 is 5.78 Å². The molecule has 0 radical (unpaired) electrons. The van der Waals surface area contributed by atoms with E-state index >= 15 is 0 Å². The topological polar surface area (TPSA) is 40.9 Å². The quantitative estimate of drug-likeness (QED) is 0.724. The minimum atomic E-state index is 0.0635. The smallest absolute Gasteiger partial charge is 0.150 e. The zero-order chi connectivity index (χ0) is 9.97. The lowest BCUT2D eigenvalue weighted by molar-refractivity contribution is -0.119. The number of hydrogen-bond donors (Lipinski definition) is 0. The molecular weight excluding hydrogens is 174 g/mol. The van der Waals surface area contributed by atoms with Gasteiger partial charge in [0.15, 0.2) is 5.78 Å². The second-order valence-electron chi connectivity index (χ2n) is 3.66. The molecule has 0 heterocycles. The van der Waals surface area contributed by atoms with Crippen LogP contribution in [-0.2, 0) is 4.79 Å². The third kappa shape index (κ3) is 1.67. The summed E-state index contributed by atoms with van der Waals surface area (Å²) in [6.07, 6.45) is 0.985. The Kier molecular flexibility index (Phi) is 2.32. The predicted molar refractivity (Wildman–Crippen MR) is 52.5 cm³/mol. The van der Waals surface area contributed by atoms with E-state index in [1.165, 1.54) is 5.56 Å². The van der Waals surface area contributed by atoms with E-state index in [0.717, 1.165) is 6.42 Å². The third-order valence-corrected chi connectivity index (χ3v) is 2.69. The first-order valence-electron chi connectivity index (χ1n) is 4.77. The van der Waals surface area contributed by atoms with Crippen LogP contribution in [0.2, 0.25) is 0 Å². The summed E-state index contributed by atoms with van der Waals surface area (Å²) in [6, 6.07) is 11.9. The summed E-state index contributed by atoms with van der Waals surface area (Å²) in [7, 11) is 0. The highest BCUT2D eigenvalue weighted by atomic mass is 16.1. The number of carbonyl (C=O) groups excluding carboxylic acids is 1. The Bertz CT molecular complexity index is 377. The van der Waals surface area contributed by atoms with Crippen LogP contribution in [0.5, 0.6) is 0 Å². The average molecular weight is 185 g/mol. The minimum absolute atomic E-state index is 0.0635. The van der Waals surface area contributed by atoms with Gasteiger partial charge in [0.2, 0.25) is 0 Å². The summed E-state index contributed by atoms with van der Waals surface area (Å²) in [5.41, 5.74) is 1.23. The largest absolute Gasteiger partial charge is 0.298 e. The van der Waals surface area contributed by atoms with E-state index in [0.29, 0.717) is 5.92 Å². The van der Waals surface area contributed by atoms with Crippen molar-refractivity contribution in [2.75, 3.05) is 0 Å². The van der Waals surface area contributed by atoms with Crippen LogP contribution in [0.1, 0.15) is 24.3 Å². The highest BCUT2D eigenvalue weighted by Crippen LogP contribution is 2.48. The van der Waals surface area contributed by atoms with Crippen LogP contribution >= 0.6 is 0 Å². The van der Waals surface area contributed by atoms with Gasteiger partial charge in [-0.3, -0.25) is 4.79 Å². The molecule has 2 nitrogen and oxygen atoms in total. The molecule has 1 saturated carbocycles. The molecule has 0 aliphatic heterocycles. The van der Waals surface area contributed by atoms with E-state index in [-0.39, 0.29) is 18.1 Å². The van der Waals surface area contributed by atoms with Crippen molar-refractivity contribution in [1.29, 1.82) is 5.26 Å². The monoisotopic (exact) mass is 185 g/mol. The molecule has 0 N–H and O–H groups in total. The Morgan fingerprint density at radius 1 is 1.43 bits per heavy atom. The first-order chi connectivity index (χ1) is 6.83. The number of Topliss-reactive ketones (excluding diaryl/α,β-unsaturated/α-hetero) is 1. The Morgan fingerprint density at radius 2 is 2.14 bits per heavy atom. The van der Waals surface area contributed by atoms with E-state index in [9.17, 15) is 4.79 Å². The van der Waals surface area contributed by atoms with Gasteiger partial charge in [0.05, 0.1) is 12.5 Å². The molecule has 2 atom stereocenters. The molecule has 0 saturated heterocycles. The minimum Gasteiger partial charge on any atom is -0.298 e. The van der Waals surface area contributed by atoms with Crippen molar-refractivity contribution in [3.8, 4) is 6.07 Å². The zero-order valence-corrected chi connectivity index (χ0v) is 7.81. The van der Waals surface area contributed by atoms with Gasteiger partial charge in [0.25, 0.3) is 0 Å². The van der Waals surface area contributed by atoms with Crippen molar-refractivity contribution in [2.24, 2.45) is 5.92 Å². The molecule has 70 valence electrons. The molecule has 1 fully saturated rings. The maximum atomic E-state index is 11.4. The van der Waals surface area contributed by atoms with Crippen molar-refractivity contribution in [2.45, 2.75) is 18.8 Å². The van der Waals surface area contributed by atoms with Crippen LogP contribution < -0.4 is 0 Å². The summed E-state index contributed by atoms with van der Waals surface area (Å²) < 4.78 is 0. The van der Waals surface area contributed by atoms with Gasteiger partial charge in [-0.1, -0.05) is 30.3 Å². The first kappa shape index (κ1) is 8.96. The molecule has 1 aliphatic rings. The molecule has 2 heteroatoms. The number of nitriles is 1. The SMILES string of the molecule is N#CCC(=O)[C@H]1CC1c1ccccc1. The van der Waals surface area contributed by atoms with Crippen LogP contribution in [0.3, 0.4) is 0 Å². The van der Waals surface area contributed by atoms with Crippen molar-refractivity contribution in [1.82, 2.24) is 0 Å². The summed E-state index contributed by atoms with van der Waals surface area (Å²) in [5.74, 6) is 0.579. The van der Waals surface area contributed by atoms with Crippen LogP contribution in [0.4, 0.5) is 0 Å². The number of ketones is 1. The van der Waals surface area contributed by atoms with Gasteiger partial charge in [-0.15, -0.1) is 0 Å². The van der Waals surface area contributed by atoms with E-state index < -0.39 is 0 Å². The lowest BCUT2D eigenvalue weighted by Gasteiger charge is -1.97. The van der Waals surface area contributed by atoms with Crippen molar-refractivity contribution in [3.63, 3.8) is 0 Å². The lowest BCUT2D eigenvalue weighted by atomic mass is 10.1. The third-order valence-electron chi connectivity index (χ3n) is 2.69. The highest BCUT2D eigenvalue weighted by molar-refractivity contribution is 5.86. The van der Waals surface area contributed by atoms with Gasteiger partial charge < -0.3 is 0 Å². The molecule has 1 unspecified atom stereocenters. The standard InChI is InChI=1S/C12H11NO/c13-7-6-12(14)11-8-10(11)9-4-2-1-3-5-9/h1-5,10-11H,6,8H2/t10?,11-/m0/s1. The molecule has 0 bridgehead atoms. The van der Waals surface area contributed by atoms with Gasteiger partial charge >= 0.3 is 0 Å². The van der Waals surface area contributed by atoms with Gasteiger partial charge in [0, 0.05) is 5.92 Å². The van der Waals surface area contributed by atoms with E-state index in [1.54, 1.807) is 0 Å². The van der Waals surface area contributed by atoms with Crippen LogP contribution in [0, 0.1) is 17.2 Å². The molecule has 14 heavy (non-hydrogen) atoms. The molecule has 0 aromatic heterocycles. The summed E-state index contributed by atoms with van der Waals surface area (Å²) in [4.78, 5) is 11.4. The normalized spacial score (nSPS) is 23.9. The molecular formula is C12H11NO. The van der Waals surface area contributed by atoms with Gasteiger partial charge in [-0.05, 0) is 17.9 Å². The second-order valence-corrected chi connectivity index (χ2v) is 3.66. The fourth-order valence-electron chi connectivity index (χ4n) is 1.83. The van der Waals surface area contributed by atoms with Crippen LogP contribution in [0.25, 0.3) is 0 Å². The van der Waals surface area contributed by atoms with E-state index in [2.05, 4.69) is 0 Å². The average Bonchev–Trinajstić information content (AvgIpc) is 2.99. The van der Waals surface area contributed by atoms with Crippen LogP contribution in [-0.4, -0.2) is 5.78 Å². The first-order valence-corrected chi connectivity index (χ1v) is 4.77. The molecule has 1 aromatic rings. The molecule has 1 aliphatic carbocycles. The number of benzene rings is 1. The summed E-state index contributed by atoms with van der Waals surface area (Å²) in [6.45, 7) is 0. The number of hydrogen-bond acceptors (Lipinski definition) is 2. The molecule has 2 rings (SSSR count). The predicted octanol–water partition coefficient (Wildman–Crippen LogP) is 2.27. The van der Waals surface area contributed by atoms with Crippen molar-refractivity contribution in [3.05, 3.63) is 35.9 Å². The zero-order valence-electron chi connectivity index (χ0n) is 7.81. The fourth-order valence-corrected chi connectivity index (χ4v) is 1.83. The molecule has 1 aromatic carbocycles. The maximum absolute atomic E-state index is 11.4. The Hall–Kier alpha value is -1.62. The number of rotatable bonds is 3. The number of carbonyl (C=O) groups is 1. The van der Waals surface area contributed by atoms with Crippen LogP contribution in [0.15, 0.2) is 30.3 Å². The summed E-state index contributed by atoms with van der Waals surface area (Å²) >= 11 is 0. The highest BCUT2D eigenvalue weighted by Gasteiger charge is 2.42. The fraction of sp³-hybridized carbons (Fsp3) is 0.333. The van der Waals surface area contributed by atoms with E-state index in [4.69, 9.17) is 5.26 Å². The Morgan fingerprint density at radius 3 is 2.79 bits per heavy atom. The van der Waals surface area contributed by atoms with E-state index in [1.807, 2.05) is 36.4 Å². The Labute approximate surface area is 83.2 Å². The Balaban J connectivity index is 2.01. The van der Waals surface area contributed by atoms with Gasteiger partial charge in [-0.25, -0.2) is 0 Å². The maximum Gasteiger partial charge on any atom is 0.150 e. The van der Waals surface area contributed by atoms with Crippen molar-refractivity contribution < 1.29 is 4.79 Å². The van der Waals surface area contributed by atoms with Gasteiger partial charge in [0.1, 0.15) is 0 Å². The lowest BCUT2D eigenvalue weighted by Crippen LogP contribution is -2.00.